The molecule has 0 heterocycles. The first-order valence-electron chi connectivity index (χ1n) is 6.61. The molecule has 0 aromatic heterocycles. The molecule has 0 bridgehead atoms. The Labute approximate surface area is 115 Å². The van der Waals surface area contributed by atoms with Gasteiger partial charge in [0.25, 0.3) is 0 Å². The van der Waals surface area contributed by atoms with Crippen LogP contribution in [0.5, 0.6) is 0 Å². The first kappa shape index (κ1) is 15.7. The third-order valence-electron chi connectivity index (χ3n) is 3.01. The van der Waals surface area contributed by atoms with Crippen molar-refractivity contribution in [3.05, 3.63) is 29.8 Å². The van der Waals surface area contributed by atoms with Crippen LogP contribution >= 0.6 is 0 Å². The van der Waals surface area contributed by atoms with Crippen molar-refractivity contribution in [2.45, 2.75) is 26.8 Å². The first-order valence-corrected chi connectivity index (χ1v) is 6.61. The zero-order valence-corrected chi connectivity index (χ0v) is 12.2. The summed E-state index contributed by atoms with van der Waals surface area (Å²) in [6, 6.07) is 7.95. The number of ether oxygens (including phenoxy) is 1. The zero-order valence-electron chi connectivity index (χ0n) is 12.2. The molecule has 0 aliphatic heterocycles. The molecule has 1 amide bonds. The second-order valence-corrected chi connectivity index (χ2v) is 5.10. The fourth-order valence-electron chi connectivity index (χ4n) is 1.73. The average Bonchev–Trinajstić information content (AvgIpc) is 2.37. The minimum Gasteiger partial charge on any atom is -0.383 e. The van der Waals surface area contributed by atoms with Crippen molar-refractivity contribution >= 4 is 11.6 Å². The van der Waals surface area contributed by atoms with E-state index in [1.165, 1.54) is 5.56 Å². The lowest BCUT2D eigenvalue weighted by molar-refractivity contribution is -0.115. The van der Waals surface area contributed by atoms with Gasteiger partial charge in [0.15, 0.2) is 0 Å². The SMILES string of the molecule is COCC(NCC(=O)Nc1ccc(C)cc1)C(C)C. The van der Waals surface area contributed by atoms with Crippen LogP contribution in [0.4, 0.5) is 5.69 Å². The van der Waals surface area contributed by atoms with E-state index in [1.807, 2.05) is 31.2 Å². The summed E-state index contributed by atoms with van der Waals surface area (Å²) in [7, 11) is 1.67. The summed E-state index contributed by atoms with van der Waals surface area (Å²) in [5.74, 6) is 0.387. The summed E-state index contributed by atoms with van der Waals surface area (Å²) in [6.45, 7) is 7.13. The average molecular weight is 264 g/mol. The number of aryl methyl sites for hydroxylation is 1. The number of methoxy groups -OCH3 is 1. The Hall–Kier alpha value is -1.39. The third-order valence-corrected chi connectivity index (χ3v) is 3.01. The fraction of sp³-hybridized carbons (Fsp3) is 0.533. The lowest BCUT2D eigenvalue weighted by Crippen LogP contribution is -2.42. The van der Waals surface area contributed by atoms with Gasteiger partial charge in [-0.3, -0.25) is 4.79 Å². The Balaban J connectivity index is 2.40. The van der Waals surface area contributed by atoms with Crippen LogP contribution in [0.2, 0.25) is 0 Å². The highest BCUT2D eigenvalue weighted by Crippen LogP contribution is 2.08. The molecule has 0 radical (unpaired) electrons. The van der Waals surface area contributed by atoms with Crippen molar-refractivity contribution in [2.24, 2.45) is 5.92 Å². The van der Waals surface area contributed by atoms with E-state index in [0.717, 1.165) is 5.69 Å². The van der Waals surface area contributed by atoms with Crippen LogP contribution in [-0.2, 0) is 9.53 Å². The number of nitrogens with one attached hydrogen (secondary N) is 2. The number of hydrogen-bond donors (Lipinski definition) is 2. The smallest absolute Gasteiger partial charge is 0.238 e. The highest BCUT2D eigenvalue weighted by molar-refractivity contribution is 5.92. The second kappa shape index (κ2) is 7.92. The minimum atomic E-state index is -0.0365. The molecule has 19 heavy (non-hydrogen) atoms. The molecule has 0 fully saturated rings. The van der Waals surface area contributed by atoms with Crippen molar-refractivity contribution in [3.8, 4) is 0 Å². The molecule has 2 N–H and O–H groups in total. The predicted molar refractivity (Wildman–Crippen MR) is 78.3 cm³/mol. The van der Waals surface area contributed by atoms with Crippen LogP contribution in [0.1, 0.15) is 19.4 Å². The predicted octanol–water partition coefficient (Wildman–Crippen LogP) is 2.19. The second-order valence-electron chi connectivity index (χ2n) is 5.10. The van der Waals surface area contributed by atoms with Gasteiger partial charge in [0.05, 0.1) is 13.2 Å². The Morgan fingerprint density at radius 2 is 1.89 bits per heavy atom. The molecule has 0 aliphatic rings. The molecular formula is C15H24N2O2. The Morgan fingerprint density at radius 3 is 2.42 bits per heavy atom. The van der Waals surface area contributed by atoms with Crippen molar-refractivity contribution in [2.75, 3.05) is 25.6 Å². The summed E-state index contributed by atoms with van der Waals surface area (Å²) in [5, 5.41) is 6.08. The van der Waals surface area contributed by atoms with E-state index in [0.29, 0.717) is 19.1 Å². The van der Waals surface area contributed by atoms with E-state index in [2.05, 4.69) is 24.5 Å². The summed E-state index contributed by atoms with van der Waals surface area (Å²) < 4.78 is 5.13. The molecule has 0 saturated heterocycles. The van der Waals surface area contributed by atoms with Crippen molar-refractivity contribution < 1.29 is 9.53 Å². The van der Waals surface area contributed by atoms with Gasteiger partial charge in [-0.1, -0.05) is 31.5 Å². The first-order chi connectivity index (χ1) is 9.02. The molecule has 1 rings (SSSR count). The van der Waals surface area contributed by atoms with E-state index in [4.69, 9.17) is 4.74 Å². The largest absolute Gasteiger partial charge is 0.383 e. The lowest BCUT2D eigenvalue weighted by atomic mass is 10.1. The van der Waals surface area contributed by atoms with E-state index in [9.17, 15) is 4.79 Å². The molecule has 0 saturated carbocycles. The number of amides is 1. The Kier molecular flexibility index (Phi) is 6.53. The van der Waals surface area contributed by atoms with E-state index in [-0.39, 0.29) is 11.9 Å². The van der Waals surface area contributed by atoms with E-state index >= 15 is 0 Å². The van der Waals surface area contributed by atoms with Crippen molar-refractivity contribution in [1.82, 2.24) is 5.32 Å². The number of carbonyl (C=O) groups is 1. The van der Waals surface area contributed by atoms with Crippen LogP contribution in [0.15, 0.2) is 24.3 Å². The lowest BCUT2D eigenvalue weighted by Gasteiger charge is -2.21. The van der Waals surface area contributed by atoms with Gasteiger partial charge in [-0.05, 0) is 25.0 Å². The minimum absolute atomic E-state index is 0.0365. The number of rotatable bonds is 7. The van der Waals surface area contributed by atoms with Crippen LogP contribution in [0, 0.1) is 12.8 Å². The number of hydrogen-bond acceptors (Lipinski definition) is 3. The maximum atomic E-state index is 11.8. The molecule has 1 unspecified atom stereocenters. The van der Waals surface area contributed by atoms with E-state index < -0.39 is 0 Å². The third kappa shape index (κ3) is 5.85. The molecule has 1 aromatic rings. The monoisotopic (exact) mass is 264 g/mol. The highest BCUT2D eigenvalue weighted by Gasteiger charge is 2.13. The summed E-state index contributed by atoms with van der Waals surface area (Å²) in [4.78, 5) is 11.8. The molecule has 1 atom stereocenters. The Morgan fingerprint density at radius 1 is 1.26 bits per heavy atom. The molecular weight excluding hydrogens is 240 g/mol. The summed E-state index contributed by atoms with van der Waals surface area (Å²) >= 11 is 0. The van der Waals surface area contributed by atoms with Crippen molar-refractivity contribution in [3.63, 3.8) is 0 Å². The summed E-state index contributed by atoms with van der Waals surface area (Å²) in [5.41, 5.74) is 2.00. The van der Waals surface area contributed by atoms with Gasteiger partial charge >= 0.3 is 0 Å². The molecule has 106 valence electrons. The summed E-state index contributed by atoms with van der Waals surface area (Å²) in [6.07, 6.45) is 0. The maximum Gasteiger partial charge on any atom is 0.238 e. The van der Waals surface area contributed by atoms with Gasteiger partial charge in [-0.15, -0.1) is 0 Å². The topological polar surface area (TPSA) is 50.4 Å². The molecule has 1 aromatic carbocycles. The Bertz CT molecular complexity index is 388. The van der Waals surface area contributed by atoms with Crippen LogP contribution in [-0.4, -0.2) is 32.2 Å². The van der Waals surface area contributed by atoms with Gasteiger partial charge in [-0.25, -0.2) is 0 Å². The molecule has 0 aliphatic carbocycles. The van der Waals surface area contributed by atoms with Gasteiger partial charge in [0.1, 0.15) is 0 Å². The van der Waals surface area contributed by atoms with E-state index in [1.54, 1.807) is 7.11 Å². The quantitative estimate of drug-likeness (QED) is 0.793. The number of benzene rings is 1. The van der Waals surface area contributed by atoms with Gasteiger partial charge in [0.2, 0.25) is 5.91 Å². The van der Waals surface area contributed by atoms with Gasteiger partial charge in [0, 0.05) is 18.8 Å². The van der Waals surface area contributed by atoms with Crippen molar-refractivity contribution in [1.29, 1.82) is 0 Å². The zero-order chi connectivity index (χ0) is 14.3. The van der Waals surface area contributed by atoms with Crippen LogP contribution in [0.3, 0.4) is 0 Å². The van der Waals surface area contributed by atoms with Crippen LogP contribution < -0.4 is 10.6 Å². The fourth-order valence-corrected chi connectivity index (χ4v) is 1.73. The van der Waals surface area contributed by atoms with Gasteiger partial charge in [-0.2, -0.15) is 0 Å². The van der Waals surface area contributed by atoms with Crippen LogP contribution in [0.25, 0.3) is 0 Å². The molecule has 4 nitrogen and oxygen atoms in total. The van der Waals surface area contributed by atoms with Gasteiger partial charge < -0.3 is 15.4 Å². The molecule has 4 heteroatoms. The molecule has 0 spiro atoms. The number of carbonyl (C=O) groups excluding carboxylic acids is 1. The number of anilines is 1. The highest BCUT2D eigenvalue weighted by atomic mass is 16.5. The normalized spacial score (nSPS) is 12.5. The standard InChI is InChI=1S/C15H24N2O2/c1-11(2)14(10-19-4)16-9-15(18)17-13-7-5-12(3)6-8-13/h5-8,11,14,16H,9-10H2,1-4H3,(H,17,18). The maximum absolute atomic E-state index is 11.8.